The SMILES string of the molecule is CCCCCCCCCCC[C@@H](C[C@@H]1OC(=O)[C@H]1CCCCCC)OC(=O)[C@H]1CCCN1C(C)=O. The van der Waals surface area contributed by atoms with Gasteiger partial charge in [-0.15, -0.1) is 0 Å². The molecule has 0 bridgehead atoms. The summed E-state index contributed by atoms with van der Waals surface area (Å²) in [7, 11) is 0. The number of carbonyl (C=O) groups excluding carboxylic acids is 3. The molecule has 0 saturated carbocycles. The van der Waals surface area contributed by atoms with Gasteiger partial charge in [0.25, 0.3) is 0 Å². The van der Waals surface area contributed by atoms with Gasteiger partial charge in [-0.3, -0.25) is 9.59 Å². The van der Waals surface area contributed by atoms with Gasteiger partial charge in [0, 0.05) is 19.9 Å². The summed E-state index contributed by atoms with van der Waals surface area (Å²) in [6.07, 6.45) is 19.1. The van der Waals surface area contributed by atoms with Crippen LogP contribution in [0, 0.1) is 5.92 Å². The minimum atomic E-state index is -0.466. The third-order valence-corrected chi connectivity index (χ3v) is 7.72. The zero-order valence-electron chi connectivity index (χ0n) is 22.7. The second-order valence-corrected chi connectivity index (χ2v) is 10.7. The lowest BCUT2D eigenvalue weighted by Crippen LogP contribution is -2.48. The maximum Gasteiger partial charge on any atom is 0.329 e. The highest BCUT2D eigenvalue weighted by molar-refractivity contribution is 5.84. The smallest absolute Gasteiger partial charge is 0.329 e. The first kappa shape index (κ1) is 29.6. The fourth-order valence-corrected chi connectivity index (χ4v) is 5.50. The Morgan fingerprint density at radius 1 is 0.943 bits per heavy atom. The molecule has 2 aliphatic heterocycles. The zero-order chi connectivity index (χ0) is 25.5. The molecule has 0 aromatic heterocycles. The normalized spacial score (nSPS) is 22.5. The Bertz CT molecular complexity index is 637. The van der Waals surface area contributed by atoms with E-state index in [1.54, 1.807) is 4.90 Å². The van der Waals surface area contributed by atoms with E-state index in [0.717, 1.165) is 44.9 Å². The number of unbranched alkanes of at least 4 members (excludes halogenated alkanes) is 11. The molecule has 2 rings (SSSR count). The van der Waals surface area contributed by atoms with Gasteiger partial charge in [0.15, 0.2) is 0 Å². The van der Waals surface area contributed by atoms with E-state index in [2.05, 4.69) is 13.8 Å². The van der Waals surface area contributed by atoms with Crippen LogP contribution in [0.4, 0.5) is 0 Å². The Labute approximate surface area is 213 Å². The number of esters is 2. The highest BCUT2D eigenvalue weighted by Gasteiger charge is 2.44. The van der Waals surface area contributed by atoms with Crippen molar-refractivity contribution < 1.29 is 23.9 Å². The Balaban J connectivity index is 1.83. The summed E-state index contributed by atoms with van der Waals surface area (Å²) in [4.78, 5) is 38.6. The Morgan fingerprint density at radius 2 is 1.54 bits per heavy atom. The second kappa shape index (κ2) is 17.0. The van der Waals surface area contributed by atoms with Crippen LogP contribution in [-0.2, 0) is 23.9 Å². The van der Waals surface area contributed by atoms with Crippen LogP contribution in [0.2, 0.25) is 0 Å². The quantitative estimate of drug-likeness (QED) is 0.147. The molecular weight excluding hydrogens is 442 g/mol. The second-order valence-electron chi connectivity index (χ2n) is 10.7. The summed E-state index contributed by atoms with van der Waals surface area (Å²) in [5.74, 6) is -0.515. The maximum absolute atomic E-state index is 13.0. The molecule has 0 N–H and O–H groups in total. The van der Waals surface area contributed by atoms with Crippen LogP contribution in [0.25, 0.3) is 0 Å². The first-order valence-electron chi connectivity index (χ1n) is 14.7. The third kappa shape index (κ3) is 10.5. The van der Waals surface area contributed by atoms with E-state index in [1.807, 2.05) is 0 Å². The Kier molecular flexibility index (Phi) is 14.4. The summed E-state index contributed by atoms with van der Waals surface area (Å²) < 4.78 is 11.5. The van der Waals surface area contributed by atoms with E-state index < -0.39 is 6.04 Å². The van der Waals surface area contributed by atoms with Gasteiger partial charge in [0.2, 0.25) is 5.91 Å². The number of hydrogen-bond donors (Lipinski definition) is 0. The minimum absolute atomic E-state index is 0.0589. The van der Waals surface area contributed by atoms with Crippen LogP contribution >= 0.6 is 0 Å². The van der Waals surface area contributed by atoms with Gasteiger partial charge in [-0.1, -0.05) is 90.9 Å². The molecule has 0 aliphatic carbocycles. The first-order valence-corrected chi connectivity index (χ1v) is 14.7. The van der Waals surface area contributed by atoms with Gasteiger partial charge >= 0.3 is 11.9 Å². The van der Waals surface area contributed by atoms with E-state index in [9.17, 15) is 14.4 Å². The average molecular weight is 494 g/mol. The van der Waals surface area contributed by atoms with Crippen molar-refractivity contribution in [3.8, 4) is 0 Å². The predicted octanol–water partition coefficient (Wildman–Crippen LogP) is 6.73. The van der Waals surface area contributed by atoms with Crippen molar-refractivity contribution in [3.05, 3.63) is 0 Å². The van der Waals surface area contributed by atoms with E-state index in [1.165, 1.54) is 64.7 Å². The molecule has 1 amide bonds. The molecule has 0 radical (unpaired) electrons. The van der Waals surface area contributed by atoms with E-state index in [-0.39, 0.29) is 36.0 Å². The predicted molar refractivity (Wildman–Crippen MR) is 139 cm³/mol. The molecule has 202 valence electrons. The zero-order valence-corrected chi connectivity index (χ0v) is 22.7. The molecule has 6 heteroatoms. The van der Waals surface area contributed by atoms with Crippen LogP contribution in [0.3, 0.4) is 0 Å². The van der Waals surface area contributed by atoms with Crippen molar-refractivity contribution in [2.24, 2.45) is 5.92 Å². The number of hydrogen-bond acceptors (Lipinski definition) is 5. The molecule has 0 unspecified atom stereocenters. The van der Waals surface area contributed by atoms with Crippen LogP contribution in [0.1, 0.15) is 136 Å². The topological polar surface area (TPSA) is 72.9 Å². The lowest BCUT2D eigenvalue weighted by Gasteiger charge is -2.37. The fraction of sp³-hybridized carbons (Fsp3) is 0.897. The largest absolute Gasteiger partial charge is 0.461 e. The summed E-state index contributed by atoms with van der Waals surface area (Å²) in [5.41, 5.74) is 0. The summed E-state index contributed by atoms with van der Waals surface area (Å²) >= 11 is 0. The fourth-order valence-electron chi connectivity index (χ4n) is 5.50. The number of rotatable bonds is 19. The molecule has 6 nitrogen and oxygen atoms in total. The van der Waals surface area contributed by atoms with Crippen molar-refractivity contribution >= 4 is 17.8 Å². The molecule has 35 heavy (non-hydrogen) atoms. The van der Waals surface area contributed by atoms with Gasteiger partial charge < -0.3 is 14.4 Å². The average Bonchev–Trinajstić information content (AvgIpc) is 3.33. The van der Waals surface area contributed by atoms with Crippen molar-refractivity contribution in [1.29, 1.82) is 0 Å². The molecule has 4 atom stereocenters. The summed E-state index contributed by atoms with van der Waals surface area (Å²) in [6.45, 7) is 6.57. The van der Waals surface area contributed by atoms with E-state index in [0.29, 0.717) is 19.4 Å². The first-order chi connectivity index (χ1) is 17.0. The summed E-state index contributed by atoms with van der Waals surface area (Å²) in [6, 6.07) is -0.466. The monoisotopic (exact) mass is 493 g/mol. The van der Waals surface area contributed by atoms with Crippen molar-refractivity contribution in [3.63, 3.8) is 0 Å². The molecule has 2 aliphatic rings. The van der Waals surface area contributed by atoms with Gasteiger partial charge in [-0.25, -0.2) is 4.79 Å². The van der Waals surface area contributed by atoms with E-state index in [4.69, 9.17) is 9.47 Å². The summed E-state index contributed by atoms with van der Waals surface area (Å²) in [5, 5.41) is 0. The Hall–Kier alpha value is -1.59. The highest BCUT2D eigenvalue weighted by Crippen LogP contribution is 2.33. The van der Waals surface area contributed by atoms with Crippen molar-refractivity contribution in [1.82, 2.24) is 4.90 Å². The Morgan fingerprint density at radius 3 is 2.14 bits per heavy atom. The molecule has 2 saturated heterocycles. The van der Waals surface area contributed by atoms with Gasteiger partial charge in [-0.2, -0.15) is 0 Å². The van der Waals surface area contributed by atoms with Crippen LogP contribution in [0.5, 0.6) is 0 Å². The number of likely N-dealkylation sites (tertiary alicyclic amines) is 1. The van der Waals surface area contributed by atoms with Gasteiger partial charge in [-0.05, 0) is 32.1 Å². The van der Waals surface area contributed by atoms with E-state index >= 15 is 0 Å². The van der Waals surface area contributed by atoms with Crippen LogP contribution in [-0.4, -0.2) is 47.5 Å². The lowest BCUT2D eigenvalue weighted by molar-refractivity contribution is -0.190. The molecule has 2 heterocycles. The van der Waals surface area contributed by atoms with Gasteiger partial charge in [0.1, 0.15) is 18.2 Å². The molecular formula is C29H51NO5. The lowest BCUT2D eigenvalue weighted by atomic mass is 9.86. The number of amides is 1. The number of carbonyl (C=O) groups is 3. The molecule has 0 aromatic carbocycles. The maximum atomic E-state index is 13.0. The molecule has 0 spiro atoms. The molecule has 2 fully saturated rings. The number of ether oxygens (including phenoxy) is 2. The van der Waals surface area contributed by atoms with Crippen LogP contribution in [0.15, 0.2) is 0 Å². The minimum Gasteiger partial charge on any atom is -0.461 e. The standard InChI is InChI=1S/C29H51NO5/c1-4-6-8-10-11-12-13-14-15-18-24(34-29(33)26-20-17-21-30(26)23(3)31)22-27-25(28(32)35-27)19-16-9-7-5-2/h24-27H,4-22H2,1-3H3/t24-,25-,26+,27-/m0/s1. The number of cyclic esters (lactones) is 1. The third-order valence-electron chi connectivity index (χ3n) is 7.72. The van der Waals surface area contributed by atoms with Crippen molar-refractivity contribution in [2.75, 3.05) is 6.54 Å². The van der Waals surface area contributed by atoms with Gasteiger partial charge in [0.05, 0.1) is 5.92 Å². The van der Waals surface area contributed by atoms with Crippen molar-refractivity contribution in [2.45, 2.75) is 155 Å². The number of nitrogens with zero attached hydrogens (tertiary/aromatic N) is 1. The highest BCUT2D eigenvalue weighted by atomic mass is 16.6. The molecule has 0 aromatic rings. The van der Waals surface area contributed by atoms with Crippen LogP contribution < -0.4 is 0 Å².